The van der Waals surface area contributed by atoms with Crippen molar-refractivity contribution < 1.29 is 9.53 Å². The number of aryl methyl sites for hydroxylation is 1. The third-order valence-corrected chi connectivity index (χ3v) is 6.98. The maximum Gasteiger partial charge on any atom is 0.217 e. The number of halogens is 1. The molecule has 3 heterocycles. The SMILES string of the molecule is COCCn1c(C)cc(C(=O)CSc2nnc3scc(-c4ccc(Cl)cc4)n23)c1C. The first-order valence-electron chi connectivity index (χ1n) is 9.40. The second-order valence-electron chi connectivity index (χ2n) is 6.87. The van der Waals surface area contributed by atoms with Crippen molar-refractivity contribution in [2.75, 3.05) is 19.5 Å². The highest BCUT2D eigenvalue weighted by Gasteiger charge is 2.19. The summed E-state index contributed by atoms with van der Waals surface area (Å²) in [6.07, 6.45) is 0. The van der Waals surface area contributed by atoms with Crippen LogP contribution in [0, 0.1) is 13.8 Å². The van der Waals surface area contributed by atoms with Crippen LogP contribution in [-0.4, -0.2) is 44.4 Å². The van der Waals surface area contributed by atoms with Gasteiger partial charge in [-0.15, -0.1) is 21.5 Å². The van der Waals surface area contributed by atoms with E-state index >= 15 is 0 Å². The van der Waals surface area contributed by atoms with E-state index in [9.17, 15) is 4.79 Å². The molecule has 4 rings (SSSR count). The summed E-state index contributed by atoms with van der Waals surface area (Å²) in [4.78, 5) is 13.7. The van der Waals surface area contributed by atoms with Gasteiger partial charge >= 0.3 is 0 Å². The van der Waals surface area contributed by atoms with Gasteiger partial charge in [-0.2, -0.15) is 0 Å². The molecule has 0 aliphatic rings. The summed E-state index contributed by atoms with van der Waals surface area (Å²) >= 11 is 8.95. The normalized spacial score (nSPS) is 11.5. The van der Waals surface area contributed by atoms with Gasteiger partial charge < -0.3 is 9.30 Å². The lowest BCUT2D eigenvalue weighted by Gasteiger charge is -2.08. The Morgan fingerprint density at radius 3 is 2.73 bits per heavy atom. The summed E-state index contributed by atoms with van der Waals surface area (Å²) in [7, 11) is 1.68. The van der Waals surface area contributed by atoms with E-state index in [-0.39, 0.29) is 5.78 Å². The lowest BCUT2D eigenvalue weighted by molar-refractivity contribution is 0.102. The number of aromatic nitrogens is 4. The molecule has 0 spiro atoms. The monoisotopic (exact) mass is 460 g/mol. The van der Waals surface area contributed by atoms with Crippen molar-refractivity contribution in [2.45, 2.75) is 25.5 Å². The lowest BCUT2D eigenvalue weighted by Crippen LogP contribution is -2.09. The highest BCUT2D eigenvalue weighted by atomic mass is 35.5. The van der Waals surface area contributed by atoms with Gasteiger partial charge in [0.15, 0.2) is 10.9 Å². The Bertz CT molecular complexity index is 1190. The van der Waals surface area contributed by atoms with Crippen molar-refractivity contribution in [1.29, 1.82) is 0 Å². The Hall–Kier alpha value is -2.13. The summed E-state index contributed by atoms with van der Waals surface area (Å²) in [5, 5.41) is 12.0. The van der Waals surface area contributed by atoms with Crippen LogP contribution in [0.5, 0.6) is 0 Å². The van der Waals surface area contributed by atoms with Gasteiger partial charge in [0.2, 0.25) is 4.96 Å². The van der Waals surface area contributed by atoms with Crippen LogP contribution < -0.4 is 0 Å². The van der Waals surface area contributed by atoms with Crippen LogP contribution in [-0.2, 0) is 11.3 Å². The first-order valence-corrected chi connectivity index (χ1v) is 11.6. The first-order chi connectivity index (χ1) is 14.5. The third-order valence-electron chi connectivity index (χ3n) is 4.99. The molecular weight excluding hydrogens is 440 g/mol. The van der Waals surface area contributed by atoms with E-state index in [1.54, 1.807) is 7.11 Å². The average molecular weight is 461 g/mol. The Kier molecular flexibility index (Phi) is 6.29. The van der Waals surface area contributed by atoms with E-state index < -0.39 is 0 Å². The molecule has 0 saturated heterocycles. The van der Waals surface area contributed by atoms with Crippen LogP contribution in [0.2, 0.25) is 5.02 Å². The fraction of sp³-hybridized carbons (Fsp3) is 0.286. The number of ether oxygens (including phenoxy) is 1. The van der Waals surface area contributed by atoms with Gasteiger partial charge in [-0.1, -0.05) is 35.5 Å². The van der Waals surface area contributed by atoms with Crippen LogP contribution in [0.15, 0.2) is 40.9 Å². The van der Waals surface area contributed by atoms with Gasteiger partial charge in [0.1, 0.15) is 0 Å². The number of thioether (sulfide) groups is 1. The fourth-order valence-electron chi connectivity index (χ4n) is 3.43. The molecule has 0 fully saturated rings. The molecule has 156 valence electrons. The molecule has 0 aliphatic heterocycles. The molecule has 0 bridgehead atoms. The zero-order valence-electron chi connectivity index (χ0n) is 16.9. The minimum Gasteiger partial charge on any atom is -0.383 e. The second kappa shape index (κ2) is 8.93. The smallest absolute Gasteiger partial charge is 0.217 e. The van der Waals surface area contributed by atoms with E-state index in [0.717, 1.165) is 39.7 Å². The van der Waals surface area contributed by atoms with Gasteiger partial charge in [-0.25, -0.2) is 0 Å². The predicted molar refractivity (Wildman–Crippen MR) is 122 cm³/mol. The topological polar surface area (TPSA) is 61.4 Å². The van der Waals surface area contributed by atoms with Crippen molar-refractivity contribution in [1.82, 2.24) is 19.2 Å². The summed E-state index contributed by atoms with van der Waals surface area (Å²) in [6, 6.07) is 9.62. The predicted octanol–water partition coefficient (Wildman–Crippen LogP) is 5.15. The number of nitrogens with zero attached hydrogens (tertiary/aromatic N) is 4. The Morgan fingerprint density at radius 2 is 2.00 bits per heavy atom. The van der Waals surface area contributed by atoms with Crippen molar-refractivity contribution >= 4 is 45.4 Å². The number of methoxy groups -OCH3 is 1. The zero-order valence-corrected chi connectivity index (χ0v) is 19.3. The standard InChI is InChI=1S/C21H21ClN4O2S2/c1-13-10-17(14(2)25(13)8-9-28-3)19(27)12-30-21-24-23-20-26(21)18(11-29-20)15-4-6-16(22)7-5-15/h4-7,10-11H,8-9,12H2,1-3H3. The summed E-state index contributed by atoms with van der Waals surface area (Å²) < 4.78 is 9.29. The largest absolute Gasteiger partial charge is 0.383 e. The highest BCUT2D eigenvalue weighted by molar-refractivity contribution is 7.99. The first kappa shape index (κ1) is 21.1. The minimum atomic E-state index is 0.0804. The number of hydrogen-bond donors (Lipinski definition) is 0. The Morgan fingerprint density at radius 1 is 1.23 bits per heavy atom. The number of fused-ring (bicyclic) bond motifs is 1. The van der Waals surface area contributed by atoms with Gasteiger partial charge in [0.05, 0.1) is 18.1 Å². The average Bonchev–Trinajstić information content (AvgIpc) is 3.40. The van der Waals surface area contributed by atoms with Crippen LogP contribution in [0.4, 0.5) is 0 Å². The van der Waals surface area contributed by atoms with Crippen LogP contribution in [0.3, 0.4) is 0 Å². The Balaban J connectivity index is 1.55. The lowest BCUT2D eigenvalue weighted by atomic mass is 10.2. The maximum atomic E-state index is 12.9. The molecule has 0 saturated carbocycles. The summed E-state index contributed by atoms with van der Waals surface area (Å²) in [5.41, 5.74) is 4.80. The number of carbonyl (C=O) groups excluding carboxylic acids is 1. The number of benzene rings is 1. The Labute approximate surface area is 187 Å². The number of rotatable bonds is 8. The van der Waals surface area contributed by atoms with E-state index in [1.165, 1.54) is 23.1 Å². The number of ketones is 1. The fourth-order valence-corrected chi connectivity index (χ4v) is 5.28. The molecule has 9 heteroatoms. The quantitative estimate of drug-likeness (QED) is 0.269. The molecule has 4 aromatic rings. The molecule has 1 aromatic carbocycles. The van der Waals surface area contributed by atoms with Gasteiger partial charge in [0, 0.05) is 41.0 Å². The van der Waals surface area contributed by atoms with Crippen LogP contribution >= 0.6 is 34.7 Å². The molecule has 0 unspecified atom stereocenters. The summed E-state index contributed by atoms with van der Waals surface area (Å²) in [6.45, 7) is 5.34. The minimum absolute atomic E-state index is 0.0804. The molecule has 30 heavy (non-hydrogen) atoms. The number of hydrogen-bond acceptors (Lipinski definition) is 6. The molecule has 3 aromatic heterocycles. The number of carbonyl (C=O) groups is 1. The van der Waals surface area contributed by atoms with Crippen molar-refractivity contribution in [3.63, 3.8) is 0 Å². The molecule has 6 nitrogen and oxygen atoms in total. The molecule has 0 aliphatic carbocycles. The van der Waals surface area contributed by atoms with E-state index in [1.807, 2.05) is 54.0 Å². The molecule has 0 radical (unpaired) electrons. The van der Waals surface area contributed by atoms with E-state index in [4.69, 9.17) is 16.3 Å². The molecule has 0 amide bonds. The zero-order chi connectivity index (χ0) is 21.3. The van der Waals surface area contributed by atoms with Crippen molar-refractivity contribution in [2.24, 2.45) is 0 Å². The third kappa shape index (κ3) is 4.05. The van der Waals surface area contributed by atoms with Crippen LogP contribution in [0.25, 0.3) is 16.2 Å². The molecular formula is C21H21ClN4O2S2. The number of Topliss-reactive ketones (excluding diaryl/α,β-unsaturated/α-hetero) is 1. The molecule has 0 N–H and O–H groups in total. The van der Waals surface area contributed by atoms with Gasteiger partial charge in [0.25, 0.3) is 0 Å². The second-order valence-corrected chi connectivity index (χ2v) is 9.08. The van der Waals surface area contributed by atoms with E-state index in [0.29, 0.717) is 22.5 Å². The van der Waals surface area contributed by atoms with Crippen molar-refractivity contribution in [3.05, 3.63) is 57.7 Å². The van der Waals surface area contributed by atoms with Gasteiger partial charge in [-0.3, -0.25) is 9.20 Å². The van der Waals surface area contributed by atoms with Crippen molar-refractivity contribution in [3.8, 4) is 11.3 Å². The van der Waals surface area contributed by atoms with Crippen LogP contribution in [0.1, 0.15) is 21.7 Å². The summed E-state index contributed by atoms with van der Waals surface area (Å²) in [5.74, 6) is 0.377. The van der Waals surface area contributed by atoms with Gasteiger partial charge in [-0.05, 0) is 37.6 Å². The highest BCUT2D eigenvalue weighted by Crippen LogP contribution is 2.31. The maximum absolute atomic E-state index is 12.9. The number of thiazole rings is 1. The molecule has 0 atom stereocenters. The van der Waals surface area contributed by atoms with E-state index in [2.05, 4.69) is 14.8 Å².